The molecule has 0 radical (unpaired) electrons. The van der Waals surface area contributed by atoms with E-state index in [0.29, 0.717) is 13.2 Å². The van der Waals surface area contributed by atoms with Crippen LogP contribution in [0.15, 0.2) is 24.3 Å². The first-order valence-electron chi connectivity index (χ1n) is 7.69. The molecule has 0 spiro atoms. The number of carbonyl (C=O) groups is 1. The lowest BCUT2D eigenvalue weighted by Gasteiger charge is -2.19. The van der Waals surface area contributed by atoms with Gasteiger partial charge in [0.25, 0.3) is 0 Å². The summed E-state index contributed by atoms with van der Waals surface area (Å²) in [5.41, 5.74) is 2.09. The van der Waals surface area contributed by atoms with E-state index in [1.165, 1.54) is 18.5 Å². The van der Waals surface area contributed by atoms with Crippen LogP contribution in [-0.2, 0) is 9.53 Å². The topological polar surface area (TPSA) is 53.6 Å². The largest absolute Gasteiger partial charge is 0.379 e. The number of ether oxygens (including phenoxy) is 1. The van der Waals surface area contributed by atoms with Crippen LogP contribution in [0, 0.1) is 5.92 Å². The molecule has 0 aromatic heterocycles. The quantitative estimate of drug-likeness (QED) is 0.881. The fourth-order valence-corrected chi connectivity index (χ4v) is 3.06. The normalized spacial score (nSPS) is 25.3. The number of hydrogen-bond donors (Lipinski definition) is 2. The van der Waals surface area contributed by atoms with Gasteiger partial charge >= 0.3 is 0 Å². The minimum atomic E-state index is -0.117. The lowest BCUT2D eigenvalue weighted by Crippen LogP contribution is -2.39. The summed E-state index contributed by atoms with van der Waals surface area (Å²) in [7, 11) is 1.87. The lowest BCUT2D eigenvalue weighted by atomic mass is 10.0. The highest BCUT2D eigenvalue weighted by Gasteiger charge is 2.32. The second-order valence-corrected chi connectivity index (χ2v) is 5.77. The van der Waals surface area contributed by atoms with Gasteiger partial charge in [0.2, 0.25) is 5.91 Å². The van der Waals surface area contributed by atoms with Crippen molar-refractivity contribution < 1.29 is 9.53 Å². The summed E-state index contributed by atoms with van der Waals surface area (Å²) in [5, 5.41) is 6.12. The fraction of sp³-hybridized carbons (Fsp3) is 0.562. The maximum atomic E-state index is 12.3. The van der Waals surface area contributed by atoms with E-state index in [1.54, 1.807) is 0 Å². The Morgan fingerprint density at radius 2 is 1.90 bits per heavy atom. The van der Waals surface area contributed by atoms with Gasteiger partial charge in [-0.2, -0.15) is 0 Å². The van der Waals surface area contributed by atoms with Gasteiger partial charge in [-0.25, -0.2) is 0 Å². The summed E-state index contributed by atoms with van der Waals surface area (Å²) >= 11 is 0. The molecule has 1 aromatic carbocycles. The average molecular weight is 289 g/mol. The third kappa shape index (κ3) is 3.19. The van der Waals surface area contributed by atoms with E-state index in [0.717, 1.165) is 18.8 Å². The Hall–Kier alpha value is -1.59. The highest BCUT2D eigenvalue weighted by molar-refractivity contribution is 5.93. The van der Waals surface area contributed by atoms with E-state index in [2.05, 4.69) is 27.7 Å². The molecule has 5 nitrogen and oxygen atoms in total. The molecule has 1 amide bonds. The van der Waals surface area contributed by atoms with Crippen LogP contribution in [0.3, 0.4) is 0 Å². The smallest absolute Gasteiger partial charge is 0.231 e. The van der Waals surface area contributed by atoms with Crippen molar-refractivity contribution in [2.45, 2.75) is 18.9 Å². The average Bonchev–Trinajstić information content (AvgIpc) is 3.19. The van der Waals surface area contributed by atoms with E-state index < -0.39 is 0 Å². The zero-order valence-electron chi connectivity index (χ0n) is 12.5. The molecule has 114 valence electrons. The first-order chi connectivity index (χ1) is 10.3. The molecule has 0 bridgehead atoms. The van der Waals surface area contributed by atoms with Gasteiger partial charge < -0.3 is 20.3 Å². The molecule has 0 saturated carbocycles. The van der Waals surface area contributed by atoms with Crippen molar-refractivity contribution in [3.8, 4) is 0 Å². The summed E-state index contributed by atoms with van der Waals surface area (Å²) in [4.78, 5) is 14.7. The molecule has 2 unspecified atom stereocenters. The SMILES string of the molecule is CNC1COCC1C(=O)Nc1ccc(N2CCCC2)cc1. The van der Waals surface area contributed by atoms with Crippen molar-refractivity contribution in [1.82, 2.24) is 5.32 Å². The van der Waals surface area contributed by atoms with Gasteiger partial charge in [-0.3, -0.25) is 4.79 Å². The predicted octanol–water partition coefficient (Wildman–Crippen LogP) is 1.46. The molecule has 3 rings (SSSR count). The molecule has 1 aromatic rings. The monoisotopic (exact) mass is 289 g/mol. The second-order valence-electron chi connectivity index (χ2n) is 5.77. The molecular weight excluding hydrogens is 266 g/mol. The zero-order chi connectivity index (χ0) is 14.7. The summed E-state index contributed by atoms with van der Waals surface area (Å²) in [6, 6.07) is 8.24. The van der Waals surface area contributed by atoms with Gasteiger partial charge in [0.05, 0.1) is 19.1 Å². The lowest BCUT2D eigenvalue weighted by molar-refractivity contribution is -0.120. The number of likely N-dealkylation sites (N-methyl/N-ethyl adjacent to an activating group) is 1. The highest BCUT2D eigenvalue weighted by Crippen LogP contribution is 2.23. The maximum Gasteiger partial charge on any atom is 0.231 e. The zero-order valence-corrected chi connectivity index (χ0v) is 12.5. The van der Waals surface area contributed by atoms with Crippen molar-refractivity contribution >= 4 is 17.3 Å². The van der Waals surface area contributed by atoms with Crippen molar-refractivity contribution in [2.24, 2.45) is 5.92 Å². The van der Waals surface area contributed by atoms with Crippen LogP contribution in [0.1, 0.15) is 12.8 Å². The van der Waals surface area contributed by atoms with Crippen LogP contribution in [0.4, 0.5) is 11.4 Å². The number of anilines is 2. The second kappa shape index (κ2) is 6.45. The summed E-state index contributed by atoms with van der Waals surface area (Å²) in [6.07, 6.45) is 2.54. The Balaban J connectivity index is 1.60. The van der Waals surface area contributed by atoms with E-state index in [-0.39, 0.29) is 17.9 Å². The third-order valence-electron chi connectivity index (χ3n) is 4.39. The van der Waals surface area contributed by atoms with E-state index in [1.807, 2.05) is 19.2 Å². The third-order valence-corrected chi connectivity index (χ3v) is 4.39. The van der Waals surface area contributed by atoms with Crippen molar-refractivity contribution in [1.29, 1.82) is 0 Å². The number of hydrogen-bond acceptors (Lipinski definition) is 4. The van der Waals surface area contributed by atoms with Crippen LogP contribution < -0.4 is 15.5 Å². The fourth-order valence-electron chi connectivity index (χ4n) is 3.06. The van der Waals surface area contributed by atoms with E-state index >= 15 is 0 Å². The Morgan fingerprint density at radius 1 is 1.19 bits per heavy atom. The number of rotatable bonds is 4. The van der Waals surface area contributed by atoms with Crippen molar-refractivity contribution in [2.75, 3.05) is 43.6 Å². The van der Waals surface area contributed by atoms with Gasteiger partial charge in [-0.1, -0.05) is 0 Å². The molecule has 2 N–H and O–H groups in total. The standard InChI is InChI=1S/C16H23N3O2/c1-17-15-11-21-10-14(15)16(20)18-12-4-6-13(7-5-12)19-8-2-3-9-19/h4-7,14-15,17H,2-3,8-11H2,1H3,(H,18,20). The number of benzene rings is 1. The first-order valence-corrected chi connectivity index (χ1v) is 7.69. The van der Waals surface area contributed by atoms with Crippen molar-refractivity contribution in [3.05, 3.63) is 24.3 Å². The van der Waals surface area contributed by atoms with E-state index in [9.17, 15) is 4.79 Å². The van der Waals surface area contributed by atoms with Crippen LogP contribution in [-0.4, -0.2) is 45.3 Å². The van der Waals surface area contributed by atoms with Crippen LogP contribution in [0.2, 0.25) is 0 Å². The molecule has 2 fully saturated rings. The Morgan fingerprint density at radius 3 is 2.57 bits per heavy atom. The minimum absolute atomic E-state index is 0.0285. The van der Waals surface area contributed by atoms with Crippen molar-refractivity contribution in [3.63, 3.8) is 0 Å². The Kier molecular flexibility index (Phi) is 4.41. The van der Waals surface area contributed by atoms with Gasteiger partial charge in [0.1, 0.15) is 0 Å². The number of nitrogens with one attached hydrogen (secondary N) is 2. The molecule has 2 aliphatic heterocycles. The minimum Gasteiger partial charge on any atom is -0.379 e. The molecule has 2 atom stereocenters. The summed E-state index contributed by atoms with van der Waals surface area (Å²) < 4.78 is 5.38. The molecule has 0 aliphatic carbocycles. The molecule has 5 heteroatoms. The van der Waals surface area contributed by atoms with Gasteiger partial charge in [0, 0.05) is 30.5 Å². The summed E-state index contributed by atoms with van der Waals surface area (Å²) in [5.74, 6) is -0.0889. The Bertz CT molecular complexity index is 483. The number of amides is 1. The van der Waals surface area contributed by atoms with Crippen LogP contribution >= 0.6 is 0 Å². The predicted molar refractivity (Wildman–Crippen MR) is 83.7 cm³/mol. The first kappa shape index (κ1) is 14.4. The van der Waals surface area contributed by atoms with Gasteiger partial charge in [-0.05, 0) is 44.2 Å². The highest BCUT2D eigenvalue weighted by atomic mass is 16.5. The number of carbonyl (C=O) groups excluding carboxylic acids is 1. The van der Waals surface area contributed by atoms with Gasteiger partial charge in [-0.15, -0.1) is 0 Å². The maximum absolute atomic E-state index is 12.3. The van der Waals surface area contributed by atoms with E-state index in [4.69, 9.17) is 4.74 Å². The molecule has 2 saturated heterocycles. The summed E-state index contributed by atoms with van der Waals surface area (Å²) in [6.45, 7) is 3.36. The number of nitrogens with zero attached hydrogens (tertiary/aromatic N) is 1. The molecule has 2 aliphatic rings. The Labute approximate surface area is 125 Å². The molecule has 21 heavy (non-hydrogen) atoms. The van der Waals surface area contributed by atoms with Crippen LogP contribution in [0.5, 0.6) is 0 Å². The molecule has 2 heterocycles. The molecular formula is C16H23N3O2. The van der Waals surface area contributed by atoms with Gasteiger partial charge in [0.15, 0.2) is 0 Å². The van der Waals surface area contributed by atoms with Crippen LogP contribution in [0.25, 0.3) is 0 Å².